The molecule has 1 aliphatic heterocycles. The smallest absolute Gasteiger partial charge is 0.120 e. The first-order valence-corrected chi connectivity index (χ1v) is 7.89. The topological polar surface area (TPSA) is 38.5 Å². The fourth-order valence-electron chi connectivity index (χ4n) is 3.10. The Balaban J connectivity index is 0.00000176. The maximum Gasteiger partial charge on any atom is 0.120 e. The molecular formula is C18H25ClN2O. The van der Waals surface area contributed by atoms with E-state index in [1.54, 1.807) is 0 Å². The summed E-state index contributed by atoms with van der Waals surface area (Å²) in [7, 11) is 0. The van der Waals surface area contributed by atoms with Gasteiger partial charge >= 0.3 is 0 Å². The third kappa shape index (κ3) is 4.35. The molecule has 0 saturated carbocycles. The number of piperidine rings is 1. The number of rotatable bonds is 5. The van der Waals surface area contributed by atoms with E-state index in [-0.39, 0.29) is 12.4 Å². The van der Waals surface area contributed by atoms with E-state index in [0.717, 1.165) is 32.0 Å². The van der Waals surface area contributed by atoms with Crippen LogP contribution in [0.5, 0.6) is 5.75 Å². The Morgan fingerprint density at radius 3 is 2.77 bits per heavy atom. The minimum Gasteiger partial charge on any atom is -0.492 e. The Kier molecular flexibility index (Phi) is 6.49. The third-order valence-corrected chi connectivity index (χ3v) is 4.33. The van der Waals surface area contributed by atoms with Gasteiger partial charge in [0.1, 0.15) is 12.4 Å². The SMILES string of the molecule is Cl.NCC1CCCN(CCOc2ccc3ccccc3c2)C1. The number of nitrogens with two attached hydrogens (primary N) is 1. The molecule has 4 heteroatoms. The molecular weight excluding hydrogens is 296 g/mol. The molecule has 2 N–H and O–H groups in total. The fourth-order valence-corrected chi connectivity index (χ4v) is 3.10. The van der Waals surface area contributed by atoms with Crippen molar-refractivity contribution < 1.29 is 4.74 Å². The van der Waals surface area contributed by atoms with Crippen molar-refractivity contribution in [3.63, 3.8) is 0 Å². The first kappa shape index (κ1) is 17.1. The highest BCUT2D eigenvalue weighted by molar-refractivity contribution is 5.85. The van der Waals surface area contributed by atoms with Crippen LogP contribution in [0.25, 0.3) is 10.8 Å². The largest absolute Gasteiger partial charge is 0.492 e. The van der Waals surface area contributed by atoms with Gasteiger partial charge in [0.15, 0.2) is 0 Å². The highest BCUT2D eigenvalue weighted by Gasteiger charge is 2.18. The number of halogens is 1. The summed E-state index contributed by atoms with van der Waals surface area (Å²) in [6, 6.07) is 14.7. The molecule has 3 rings (SSSR count). The summed E-state index contributed by atoms with van der Waals surface area (Å²) in [4.78, 5) is 2.47. The Hall–Kier alpha value is -1.29. The molecule has 120 valence electrons. The van der Waals surface area contributed by atoms with Crippen LogP contribution in [0.15, 0.2) is 42.5 Å². The van der Waals surface area contributed by atoms with Gasteiger partial charge in [0.2, 0.25) is 0 Å². The lowest BCUT2D eigenvalue weighted by atomic mass is 9.98. The molecule has 0 amide bonds. The molecule has 0 bridgehead atoms. The molecule has 1 unspecified atom stereocenters. The Morgan fingerprint density at radius 2 is 1.95 bits per heavy atom. The zero-order valence-electron chi connectivity index (χ0n) is 12.9. The van der Waals surface area contributed by atoms with Crippen molar-refractivity contribution >= 4 is 23.2 Å². The van der Waals surface area contributed by atoms with Crippen molar-refractivity contribution in [1.29, 1.82) is 0 Å². The third-order valence-electron chi connectivity index (χ3n) is 4.33. The van der Waals surface area contributed by atoms with Gasteiger partial charge in [-0.2, -0.15) is 0 Å². The van der Waals surface area contributed by atoms with E-state index in [4.69, 9.17) is 10.5 Å². The lowest BCUT2D eigenvalue weighted by molar-refractivity contribution is 0.149. The normalized spacial score (nSPS) is 18.9. The molecule has 1 heterocycles. The number of ether oxygens (including phenoxy) is 1. The second kappa shape index (κ2) is 8.37. The van der Waals surface area contributed by atoms with Crippen LogP contribution in [0.4, 0.5) is 0 Å². The van der Waals surface area contributed by atoms with E-state index in [1.165, 1.54) is 30.2 Å². The fraction of sp³-hybridized carbons (Fsp3) is 0.444. The van der Waals surface area contributed by atoms with Gasteiger partial charge in [-0.05, 0) is 54.8 Å². The maximum absolute atomic E-state index is 5.91. The zero-order valence-corrected chi connectivity index (χ0v) is 13.7. The molecule has 1 saturated heterocycles. The van der Waals surface area contributed by atoms with Crippen LogP contribution in [0.1, 0.15) is 12.8 Å². The van der Waals surface area contributed by atoms with E-state index in [2.05, 4.69) is 47.4 Å². The standard InChI is InChI=1S/C18H24N2O.ClH/c19-13-15-4-3-9-20(14-15)10-11-21-18-8-7-16-5-1-2-6-17(16)12-18;/h1-2,5-8,12,15H,3-4,9-11,13-14,19H2;1H. The van der Waals surface area contributed by atoms with Crippen LogP contribution in [0.3, 0.4) is 0 Å². The molecule has 0 radical (unpaired) electrons. The van der Waals surface area contributed by atoms with Crippen LogP contribution in [-0.4, -0.2) is 37.7 Å². The first-order chi connectivity index (χ1) is 10.3. The zero-order chi connectivity index (χ0) is 14.5. The van der Waals surface area contributed by atoms with Crippen molar-refractivity contribution in [3.8, 4) is 5.75 Å². The summed E-state index contributed by atoms with van der Waals surface area (Å²) >= 11 is 0. The maximum atomic E-state index is 5.91. The Bertz CT molecular complexity index is 590. The predicted octanol–water partition coefficient (Wildman–Crippen LogP) is 3.31. The summed E-state index contributed by atoms with van der Waals surface area (Å²) in [6.07, 6.45) is 2.54. The van der Waals surface area contributed by atoms with Gasteiger partial charge in [0, 0.05) is 13.1 Å². The number of hydrogen-bond acceptors (Lipinski definition) is 3. The summed E-state index contributed by atoms with van der Waals surface area (Å²) in [5, 5.41) is 2.49. The number of nitrogens with zero attached hydrogens (tertiary/aromatic N) is 1. The summed E-state index contributed by atoms with van der Waals surface area (Å²) in [5.74, 6) is 1.63. The summed E-state index contributed by atoms with van der Waals surface area (Å²) < 4.78 is 5.91. The van der Waals surface area contributed by atoms with Crippen LogP contribution in [-0.2, 0) is 0 Å². The summed E-state index contributed by atoms with van der Waals surface area (Å²) in [6.45, 7) is 4.84. The minimum absolute atomic E-state index is 0. The van der Waals surface area contributed by atoms with E-state index in [9.17, 15) is 0 Å². The van der Waals surface area contributed by atoms with E-state index in [1.807, 2.05) is 0 Å². The van der Waals surface area contributed by atoms with Crippen molar-refractivity contribution in [1.82, 2.24) is 4.90 Å². The molecule has 1 atom stereocenters. The molecule has 1 aliphatic rings. The molecule has 0 spiro atoms. The average molecular weight is 321 g/mol. The van der Waals surface area contributed by atoms with Gasteiger partial charge in [-0.1, -0.05) is 30.3 Å². The van der Waals surface area contributed by atoms with Crippen LogP contribution < -0.4 is 10.5 Å². The molecule has 1 fully saturated rings. The van der Waals surface area contributed by atoms with Crippen LogP contribution in [0.2, 0.25) is 0 Å². The molecule has 3 nitrogen and oxygen atoms in total. The molecule has 0 aliphatic carbocycles. The number of fused-ring (bicyclic) bond motifs is 1. The van der Waals surface area contributed by atoms with E-state index in [0.29, 0.717) is 5.92 Å². The predicted molar refractivity (Wildman–Crippen MR) is 94.9 cm³/mol. The van der Waals surface area contributed by atoms with Crippen LogP contribution in [0, 0.1) is 5.92 Å². The van der Waals surface area contributed by atoms with Crippen molar-refractivity contribution in [2.45, 2.75) is 12.8 Å². The molecule has 2 aromatic rings. The number of likely N-dealkylation sites (tertiary alicyclic amines) is 1. The second-order valence-corrected chi connectivity index (χ2v) is 5.90. The highest BCUT2D eigenvalue weighted by atomic mass is 35.5. The first-order valence-electron chi connectivity index (χ1n) is 7.89. The van der Waals surface area contributed by atoms with Gasteiger partial charge in [0.25, 0.3) is 0 Å². The Labute approximate surface area is 138 Å². The van der Waals surface area contributed by atoms with E-state index < -0.39 is 0 Å². The van der Waals surface area contributed by atoms with Gasteiger partial charge in [-0.25, -0.2) is 0 Å². The monoisotopic (exact) mass is 320 g/mol. The van der Waals surface area contributed by atoms with Crippen LogP contribution >= 0.6 is 12.4 Å². The molecule has 2 aromatic carbocycles. The molecule has 22 heavy (non-hydrogen) atoms. The van der Waals surface area contributed by atoms with Crippen molar-refractivity contribution in [3.05, 3.63) is 42.5 Å². The number of benzene rings is 2. The van der Waals surface area contributed by atoms with Crippen molar-refractivity contribution in [2.24, 2.45) is 11.7 Å². The number of hydrogen-bond donors (Lipinski definition) is 1. The summed E-state index contributed by atoms with van der Waals surface area (Å²) in [5.41, 5.74) is 5.78. The quantitative estimate of drug-likeness (QED) is 0.918. The van der Waals surface area contributed by atoms with Gasteiger partial charge in [-0.15, -0.1) is 12.4 Å². The van der Waals surface area contributed by atoms with Gasteiger partial charge in [-0.3, -0.25) is 4.90 Å². The van der Waals surface area contributed by atoms with Crippen molar-refractivity contribution in [2.75, 3.05) is 32.8 Å². The molecule has 0 aromatic heterocycles. The van der Waals surface area contributed by atoms with Gasteiger partial charge < -0.3 is 10.5 Å². The second-order valence-electron chi connectivity index (χ2n) is 5.90. The average Bonchev–Trinajstić information content (AvgIpc) is 2.55. The highest BCUT2D eigenvalue weighted by Crippen LogP contribution is 2.21. The lowest BCUT2D eigenvalue weighted by Crippen LogP contribution is -2.40. The minimum atomic E-state index is 0. The van der Waals surface area contributed by atoms with E-state index >= 15 is 0 Å². The van der Waals surface area contributed by atoms with Gasteiger partial charge in [0.05, 0.1) is 0 Å². The lowest BCUT2D eigenvalue weighted by Gasteiger charge is -2.31. The Morgan fingerprint density at radius 1 is 1.14 bits per heavy atom.